The molecule has 1 N–H and O–H groups in total. The van der Waals surface area contributed by atoms with Crippen LogP contribution in [0.1, 0.15) is 18.9 Å². The number of para-hydroxylation sites is 1. The number of benzene rings is 2. The number of nitrogens with one attached hydrogen (secondary N) is 1. The van der Waals surface area contributed by atoms with Gasteiger partial charge in [-0.25, -0.2) is 0 Å². The third kappa shape index (κ3) is 5.24. The molecule has 3 aromatic rings. The molecule has 0 saturated heterocycles. The van der Waals surface area contributed by atoms with Crippen LogP contribution in [0.2, 0.25) is 5.02 Å². The van der Waals surface area contributed by atoms with Crippen molar-refractivity contribution in [3.8, 4) is 5.75 Å². The van der Waals surface area contributed by atoms with Gasteiger partial charge in [0.25, 0.3) is 0 Å². The molecule has 140 valence electrons. The van der Waals surface area contributed by atoms with E-state index >= 15 is 0 Å². The molecule has 1 unspecified atom stereocenters. The Balaban J connectivity index is 1.56. The molecule has 0 radical (unpaired) electrons. The Bertz CT molecular complexity index is 900. The van der Waals surface area contributed by atoms with Gasteiger partial charge >= 0.3 is 0 Å². The molecule has 1 atom stereocenters. The zero-order valence-corrected chi connectivity index (χ0v) is 16.5. The average molecular weight is 403 g/mol. The summed E-state index contributed by atoms with van der Waals surface area (Å²) in [4.78, 5) is 12.1. The van der Waals surface area contributed by atoms with Crippen LogP contribution >= 0.6 is 23.4 Å². The van der Waals surface area contributed by atoms with Crippen LogP contribution in [-0.4, -0.2) is 26.4 Å². The fourth-order valence-corrected chi connectivity index (χ4v) is 3.27. The molecule has 0 aliphatic carbocycles. The predicted octanol–water partition coefficient (Wildman–Crippen LogP) is 4.34. The minimum atomic E-state index is -0.262. The van der Waals surface area contributed by atoms with Gasteiger partial charge in [-0.2, -0.15) is 0 Å². The smallest absolute Gasteiger partial charge is 0.234 e. The molecule has 1 heterocycles. The van der Waals surface area contributed by atoms with Crippen molar-refractivity contribution in [2.75, 3.05) is 11.1 Å². The number of aromatic nitrogens is 3. The van der Waals surface area contributed by atoms with E-state index in [1.807, 2.05) is 48.9 Å². The Morgan fingerprint density at radius 3 is 2.59 bits per heavy atom. The Labute approximate surface area is 166 Å². The molecule has 0 aliphatic rings. The van der Waals surface area contributed by atoms with E-state index in [1.54, 1.807) is 24.3 Å². The van der Waals surface area contributed by atoms with E-state index in [1.165, 1.54) is 11.8 Å². The number of rotatable bonds is 7. The van der Waals surface area contributed by atoms with Crippen molar-refractivity contribution in [1.82, 2.24) is 14.8 Å². The van der Waals surface area contributed by atoms with Crippen LogP contribution in [0.5, 0.6) is 5.75 Å². The standard InChI is InChI=1S/C19H19ClN4O2S/c1-13(26-16-6-4-3-5-7-16)18-22-23-19(24(18)2)27-12-17(25)21-15-10-8-14(20)9-11-15/h3-11,13H,12H2,1-2H3,(H,21,25). The van der Waals surface area contributed by atoms with Crippen molar-refractivity contribution in [2.45, 2.75) is 18.2 Å². The third-order valence-corrected chi connectivity index (χ3v) is 5.02. The summed E-state index contributed by atoms with van der Waals surface area (Å²) < 4.78 is 7.73. The maximum absolute atomic E-state index is 12.1. The zero-order chi connectivity index (χ0) is 19.2. The highest BCUT2D eigenvalue weighted by Gasteiger charge is 2.18. The van der Waals surface area contributed by atoms with Gasteiger partial charge in [0.05, 0.1) is 5.75 Å². The Morgan fingerprint density at radius 2 is 1.89 bits per heavy atom. The maximum Gasteiger partial charge on any atom is 0.234 e. The van der Waals surface area contributed by atoms with Crippen LogP contribution in [0.3, 0.4) is 0 Å². The van der Waals surface area contributed by atoms with Crippen molar-refractivity contribution in [1.29, 1.82) is 0 Å². The van der Waals surface area contributed by atoms with Gasteiger partial charge in [-0.15, -0.1) is 10.2 Å². The Kier molecular flexibility index (Phi) is 6.36. The first-order valence-electron chi connectivity index (χ1n) is 8.32. The summed E-state index contributed by atoms with van der Waals surface area (Å²) in [6.45, 7) is 1.92. The van der Waals surface area contributed by atoms with E-state index in [4.69, 9.17) is 16.3 Å². The number of nitrogens with zero attached hydrogens (tertiary/aromatic N) is 3. The lowest BCUT2D eigenvalue weighted by molar-refractivity contribution is -0.113. The van der Waals surface area contributed by atoms with Crippen LogP contribution in [-0.2, 0) is 11.8 Å². The minimum Gasteiger partial charge on any atom is -0.483 e. The molecule has 27 heavy (non-hydrogen) atoms. The third-order valence-electron chi connectivity index (χ3n) is 3.75. The second kappa shape index (κ2) is 8.92. The first-order chi connectivity index (χ1) is 13.0. The molecule has 6 nitrogen and oxygen atoms in total. The minimum absolute atomic E-state index is 0.125. The number of anilines is 1. The molecule has 1 amide bonds. The van der Waals surface area contributed by atoms with E-state index in [0.29, 0.717) is 21.7 Å². The van der Waals surface area contributed by atoms with Crippen LogP contribution in [0.15, 0.2) is 59.8 Å². The molecule has 0 fully saturated rings. The van der Waals surface area contributed by atoms with Gasteiger partial charge < -0.3 is 14.6 Å². The highest BCUT2D eigenvalue weighted by Crippen LogP contribution is 2.23. The van der Waals surface area contributed by atoms with E-state index in [0.717, 1.165) is 5.75 Å². The predicted molar refractivity (Wildman–Crippen MR) is 107 cm³/mol. The van der Waals surface area contributed by atoms with Gasteiger partial charge in [0.2, 0.25) is 5.91 Å². The van der Waals surface area contributed by atoms with Crippen molar-refractivity contribution >= 4 is 35.0 Å². The van der Waals surface area contributed by atoms with Crippen LogP contribution in [0.4, 0.5) is 5.69 Å². The van der Waals surface area contributed by atoms with Crippen molar-refractivity contribution < 1.29 is 9.53 Å². The molecule has 8 heteroatoms. The lowest BCUT2D eigenvalue weighted by atomic mass is 10.3. The second-order valence-corrected chi connectivity index (χ2v) is 7.20. The normalized spacial score (nSPS) is 11.8. The molecule has 0 saturated carbocycles. The Morgan fingerprint density at radius 1 is 1.19 bits per heavy atom. The number of thioether (sulfide) groups is 1. The number of halogens is 1. The lowest BCUT2D eigenvalue weighted by Crippen LogP contribution is -2.14. The highest BCUT2D eigenvalue weighted by atomic mass is 35.5. The highest BCUT2D eigenvalue weighted by molar-refractivity contribution is 7.99. The molecule has 0 spiro atoms. The van der Waals surface area contributed by atoms with Gasteiger partial charge in [-0.3, -0.25) is 4.79 Å². The molecule has 1 aromatic heterocycles. The summed E-state index contributed by atoms with van der Waals surface area (Å²) in [7, 11) is 1.86. The first kappa shape index (κ1) is 19.3. The van der Waals surface area contributed by atoms with Crippen molar-refractivity contribution in [3.05, 3.63) is 65.4 Å². The SMILES string of the molecule is CC(Oc1ccccc1)c1nnc(SCC(=O)Nc2ccc(Cl)cc2)n1C. The fraction of sp³-hybridized carbons (Fsp3) is 0.211. The van der Waals surface area contributed by atoms with E-state index in [2.05, 4.69) is 15.5 Å². The summed E-state index contributed by atoms with van der Waals surface area (Å²) in [6.07, 6.45) is -0.262. The monoisotopic (exact) mass is 402 g/mol. The largest absolute Gasteiger partial charge is 0.483 e. The summed E-state index contributed by atoms with van der Waals surface area (Å²) in [6, 6.07) is 16.5. The van der Waals surface area contributed by atoms with Crippen LogP contribution in [0, 0.1) is 0 Å². The van der Waals surface area contributed by atoms with Crippen LogP contribution in [0.25, 0.3) is 0 Å². The number of hydrogen-bond acceptors (Lipinski definition) is 5. The summed E-state index contributed by atoms with van der Waals surface area (Å²) >= 11 is 7.16. The number of hydrogen-bond donors (Lipinski definition) is 1. The lowest BCUT2D eigenvalue weighted by Gasteiger charge is -2.14. The summed E-state index contributed by atoms with van der Waals surface area (Å²) in [5.41, 5.74) is 0.702. The van der Waals surface area contributed by atoms with Crippen molar-refractivity contribution in [2.24, 2.45) is 7.05 Å². The second-order valence-electron chi connectivity index (χ2n) is 5.82. The molecule has 2 aromatic carbocycles. The number of ether oxygens (including phenoxy) is 1. The van der Waals surface area contributed by atoms with E-state index in [-0.39, 0.29) is 17.8 Å². The van der Waals surface area contributed by atoms with Crippen molar-refractivity contribution in [3.63, 3.8) is 0 Å². The van der Waals surface area contributed by atoms with Crippen LogP contribution < -0.4 is 10.1 Å². The van der Waals surface area contributed by atoms with Gasteiger partial charge in [0, 0.05) is 17.8 Å². The van der Waals surface area contributed by atoms with Gasteiger partial charge in [0.15, 0.2) is 17.1 Å². The Hall–Kier alpha value is -2.51. The quantitative estimate of drug-likeness (QED) is 0.595. The topological polar surface area (TPSA) is 69.0 Å². The molecule has 0 bridgehead atoms. The fourth-order valence-electron chi connectivity index (χ4n) is 2.42. The molecule has 0 aliphatic heterocycles. The van der Waals surface area contributed by atoms with E-state index in [9.17, 15) is 4.79 Å². The van der Waals surface area contributed by atoms with Gasteiger partial charge in [-0.05, 0) is 43.3 Å². The van der Waals surface area contributed by atoms with Gasteiger partial charge in [-0.1, -0.05) is 41.6 Å². The average Bonchev–Trinajstić information content (AvgIpc) is 3.03. The molecular weight excluding hydrogens is 384 g/mol. The molecule has 3 rings (SSSR count). The summed E-state index contributed by atoms with van der Waals surface area (Å²) in [5.74, 6) is 1.56. The number of carbonyl (C=O) groups is 1. The zero-order valence-electron chi connectivity index (χ0n) is 14.9. The van der Waals surface area contributed by atoms with Gasteiger partial charge in [0.1, 0.15) is 5.75 Å². The van der Waals surface area contributed by atoms with E-state index < -0.39 is 0 Å². The molecular formula is C19H19ClN4O2S. The maximum atomic E-state index is 12.1. The summed E-state index contributed by atoms with van der Waals surface area (Å²) in [5, 5.41) is 12.5. The number of carbonyl (C=O) groups excluding carboxylic acids is 1. The first-order valence-corrected chi connectivity index (χ1v) is 9.68. The number of amides is 1.